The molecule has 0 amide bonds. The van der Waals surface area contributed by atoms with Crippen molar-refractivity contribution in [1.29, 1.82) is 0 Å². The van der Waals surface area contributed by atoms with Crippen LogP contribution in [0.2, 0.25) is 10.0 Å². The molecule has 0 saturated heterocycles. The number of hydrogen-bond donors (Lipinski definition) is 2. The van der Waals surface area contributed by atoms with Gasteiger partial charge in [0.2, 0.25) is 0 Å². The van der Waals surface area contributed by atoms with Gasteiger partial charge in [-0.05, 0) is 46.5 Å². The van der Waals surface area contributed by atoms with E-state index < -0.39 is 0 Å². The van der Waals surface area contributed by atoms with Gasteiger partial charge in [0.25, 0.3) is 0 Å². The summed E-state index contributed by atoms with van der Waals surface area (Å²) in [6, 6.07) is 7.58. The predicted molar refractivity (Wildman–Crippen MR) is 74.5 cm³/mol. The Kier molecular flexibility index (Phi) is 4.42. The van der Waals surface area contributed by atoms with Crippen LogP contribution in [0.3, 0.4) is 0 Å². The number of hydrogen-bond acceptors (Lipinski definition) is 3. The van der Waals surface area contributed by atoms with Crippen molar-refractivity contribution in [3.05, 3.63) is 56.2 Å². The molecule has 1 aromatic carbocycles. The molecule has 2 nitrogen and oxygen atoms in total. The Bertz CT molecular complexity index is 465. The minimum atomic E-state index is 0.0265. The van der Waals surface area contributed by atoms with Crippen molar-refractivity contribution in [3.8, 4) is 0 Å². The molecule has 0 aliphatic carbocycles. The van der Waals surface area contributed by atoms with Gasteiger partial charge in [-0.1, -0.05) is 29.3 Å². The van der Waals surface area contributed by atoms with Crippen LogP contribution in [0.5, 0.6) is 0 Å². The van der Waals surface area contributed by atoms with Crippen molar-refractivity contribution in [2.45, 2.75) is 12.5 Å². The van der Waals surface area contributed by atoms with Crippen molar-refractivity contribution in [2.24, 2.45) is 5.84 Å². The lowest BCUT2D eigenvalue weighted by Gasteiger charge is -2.16. The molecule has 17 heavy (non-hydrogen) atoms. The van der Waals surface area contributed by atoms with E-state index in [4.69, 9.17) is 29.0 Å². The first kappa shape index (κ1) is 12.9. The molecule has 0 saturated carbocycles. The molecule has 1 atom stereocenters. The highest BCUT2D eigenvalue weighted by atomic mass is 35.5. The summed E-state index contributed by atoms with van der Waals surface area (Å²) in [7, 11) is 0. The van der Waals surface area contributed by atoms with E-state index >= 15 is 0 Å². The average Bonchev–Trinajstić information content (AvgIpc) is 2.82. The van der Waals surface area contributed by atoms with Crippen molar-refractivity contribution in [2.75, 3.05) is 0 Å². The Balaban J connectivity index is 2.25. The van der Waals surface area contributed by atoms with Crippen molar-refractivity contribution in [3.63, 3.8) is 0 Å². The molecule has 1 aromatic heterocycles. The second-order valence-corrected chi connectivity index (χ2v) is 5.27. The van der Waals surface area contributed by atoms with Crippen LogP contribution >= 0.6 is 34.5 Å². The smallest absolute Gasteiger partial charge is 0.0509 e. The van der Waals surface area contributed by atoms with Gasteiger partial charge < -0.3 is 0 Å². The van der Waals surface area contributed by atoms with Gasteiger partial charge in [-0.3, -0.25) is 11.3 Å². The van der Waals surface area contributed by atoms with E-state index in [1.165, 1.54) is 0 Å². The quantitative estimate of drug-likeness (QED) is 0.663. The Morgan fingerprint density at radius 1 is 1.24 bits per heavy atom. The highest BCUT2D eigenvalue weighted by molar-refractivity contribution is 7.07. The third-order valence-electron chi connectivity index (χ3n) is 2.62. The van der Waals surface area contributed by atoms with Crippen LogP contribution in [-0.2, 0) is 6.42 Å². The molecule has 2 rings (SSSR count). The Morgan fingerprint density at radius 3 is 2.47 bits per heavy atom. The van der Waals surface area contributed by atoms with E-state index in [0.717, 1.165) is 11.1 Å². The first-order valence-electron chi connectivity index (χ1n) is 5.13. The highest BCUT2D eigenvalue weighted by Crippen LogP contribution is 2.29. The minimum Gasteiger partial charge on any atom is -0.271 e. The van der Waals surface area contributed by atoms with Crippen LogP contribution < -0.4 is 11.3 Å². The Hall–Kier alpha value is -0.580. The molecule has 0 fully saturated rings. The lowest BCUT2D eigenvalue weighted by Crippen LogP contribution is -2.29. The number of nitrogens with one attached hydrogen (secondary N) is 1. The number of thiophene rings is 1. The standard InChI is InChI=1S/C12H12Cl2N2S/c13-10-2-1-3-11(14)9(10)6-12(16-15)8-4-5-17-7-8/h1-5,7,12,16H,6,15H2. The Labute approximate surface area is 114 Å². The van der Waals surface area contributed by atoms with Gasteiger partial charge in [-0.25, -0.2) is 0 Å². The number of benzene rings is 1. The van der Waals surface area contributed by atoms with E-state index in [2.05, 4.69) is 10.8 Å². The van der Waals surface area contributed by atoms with Crippen LogP contribution in [0.25, 0.3) is 0 Å². The largest absolute Gasteiger partial charge is 0.271 e. The molecule has 90 valence electrons. The fourth-order valence-corrected chi connectivity index (χ4v) is 2.94. The lowest BCUT2D eigenvalue weighted by atomic mass is 10.0. The Morgan fingerprint density at radius 2 is 1.94 bits per heavy atom. The summed E-state index contributed by atoms with van der Waals surface area (Å²) in [5.74, 6) is 5.58. The summed E-state index contributed by atoms with van der Waals surface area (Å²) in [6.45, 7) is 0. The molecule has 0 aliphatic heterocycles. The zero-order valence-electron chi connectivity index (χ0n) is 8.99. The summed E-state index contributed by atoms with van der Waals surface area (Å²) in [6.07, 6.45) is 0.672. The maximum atomic E-state index is 6.14. The zero-order valence-corrected chi connectivity index (χ0v) is 11.3. The van der Waals surface area contributed by atoms with Crippen LogP contribution in [0.15, 0.2) is 35.0 Å². The third-order valence-corrected chi connectivity index (χ3v) is 4.03. The number of hydrazine groups is 1. The lowest BCUT2D eigenvalue weighted by molar-refractivity contribution is 0.553. The van der Waals surface area contributed by atoms with Gasteiger partial charge in [-0.2, -0.15) is 11.3 Å². The molecule has 0 bridgehead atoms. The van der Waals surface area contributed by atoms with Crippen molar-refractivity contribution in [1.82, 2.24) is 5.43 Å². The second kappa shape index (κ2) is 5.85. The second-order valence-electron chi connectivity index (χ2n) is 3.68. The molecule has 0 aliphatic rings. The molecule has 0 radical (unpaired) electrons. The molecular formula is C12H12Cl2N2S. The topological polar surface area (TPSA) is 38.0 Å². The number of halogens is 2. The normalized spacial score (nSPS) is 12.6. The van der Waals surface area contributed by atoms with Gasteiger partial charge in [0, 0.05) is 10.0 Å². The molecule has 2 aromatic rings. The van der Waals surface area contributed by atoms with E-state index in [0.29, 0.717) is 16.5 Å². The number of rotatable bonds is 4. The monoisotopic (exact) mass is 286 g/mol. The van der Waals surface area contributed by atoms with E-state index in [-0.39, 0.29) is 6.04 Å². The fourth-order valence-electron chi connectivity index (χ4n) is 1.68. The van der Waals surface area contributed by atoms with Crippen LogP contribution in [0.1, 0.15) is 17.2 Å². The number of nitrogens with two attached hydrogens (primary N) is 1. The minimum absolute atomic E-state index is 0.0265. The summed E-state index contributed by atoms with van der Waals surface area (Å²) >= 11 is 13.9. The molecule has 5 heteroatoms. The molecule has 1 heterocycles. The van der Waals surface area contributed by atoms with Gasteiger partial charge in [0.1, 0.15) is 0 Å². The summed E-state index contributed by atoms with van der Waals surface area (Å²) in [5.41, 5.74) is 4.86. The maximum Gasteiger partial charge on any atom is 0.0509 e. The maximum absolute atomic E-state index is 6.14. The third kappa shape index (κ3) is 3.00. The van der Waals surface area contributed by atoms with Gasteiger partial charge in [-0.15, -0.1) is 0 Å². The summed E-state index contributed by atoms with van der Waals surface area (Å²) in [5, 5.41) is 5.43. The van der Waals surface area contributed by atoms with Crippen molar-refractivity contribution < 1.29 is 0 Å². The summed E-state index contributed by atoms with van der Waals surface area (Å²) in [4.78, 5) is 0. The molecule has 0 spiro atoms. The predicted octanol–water partition coefficient (Wildman–Crippen LogP) is 3.80. The highest BCUT2D eigenvalue weighted by Gasteiger charge is 2.15. The molecule has 3 N–H and O–H groups in total. The molecular weight excluding hydrogens is 275 g/mol. The van der Waals surface area contributed by atoms with Gasteiger partial charge >= 0.3 is 0 Å². The van der Waals surface area contributed by atoms with Gasteiger partial charge in [0.05, 0.1) is 6.04 Å². The first-order chi connectivity index (χ1) is 8.22. The average molecular weight is 287 g/mol. The molecule has 1 unspecified atom stereocenters. The zero-order chi connectivity index (χ0) is 12.3. The van der Waals surface area contributed by atoms with Crippen LogP contribution in [-0.4, -0.2) is 0 Å². The first-order valence-corrected chi connectivity index (χ1v) is 6.83. The van der Waals surface area contributed by atoms with Gasteiger partial charge in [0.15, 0.2) is 0 Å². The van der Waals surface area contributed by atoms with E-state index in [1.807, 2.05) is 29.6 Å². The van der Waals surface area contributed by atoms with Crippen molar-refractivity contribution >= 4 is 34.5 Å². The fraction of sp³-hybridized carbons (Fsp3) is 0.167. The summed E-state index contributed by atoms with van der Waals surface area (Å²) < 4.78 is 0. The van der Waals surface area contributed by atoms with E-state index in [1.54, 1.807) is 11.3 Å². The van der Waals surface area contributed by atoms with Crippen LogP contribution in [0, 0.1) is 0 Å². The SMILES string of the molecule is NNC(Cc1c(Cl)cccc1Cl)c1ccsc1. The van der Waals surface area contributed by atoms with E-state index in [9.17, 15) is 0 Å². The van der Waals surface area contributed by atoms with Crippen LogP contribution in [0.4, 0.5) is 0 Å².